The second-order valence-corrected chi connectivity index (χ2v) is 6.87. The van der Waals surface area contributed by atoms with Crippen molar-refractivity contribution in [1.29, 1.82) is 0 Å². The zero-order chi connectivity index (χ0) is 20.6. The molecule has 0 radical (unpaired) electrons. The summed E-state index contributed by atoms with van der Waals surface area (Å²) in [5.74, 6) is 0.823. The summed E-state index contributed by atoms with van der Waals surface area (Å²) >= 11 is 0. The third kappa shape index (κ3) is 5.73. The van der Waals surface area contributed by atoms with Crippen LogP contribution in [0.5, 0.6) is 0 Å². The standard InChI is InChI=1S/C22H26N4O3/c1-16-8-7-11-19(17(16)2)23-20(27)14-26(12-13-28-3)15-21-24-25-22(29-21)18-9-5-4-6-10-18/h4-11H,12-15H2,1-3H3,(H,23,27). The van der Waals surface area contributed by atoms with Gasteiger partial charge in [-0.1, -0.05) is 30.3 Å². The molecule has 0 aliphatic rings. The van der Waals surface area contributed by atoms with Crippen LogP contribution in [0.3, 0.4) is 0 Å². The normalized spacial score (nSPS) is 11.0. The van der Waals surface area contributed by atoms with Gasteiger partial charge in [-0.2, -0.15) is 0 Å². The maximum Gasteiger partial charge on any atom is 0.247 e. The first-order chi connectivity index (χ1) is 14.1. The summed E-state index contributed by atoms with van der Waals surface area (Å²) in [7, 11) is 1.63. The van der Waals surface area contributed by atoms with Crippen LogP contribution in [0.1, 0.15) is 17.0 Å². The smallest absolute Gasteiger partial charge is 0.247 e. The first-order valence-corrected chi connectivity index (χ1v) is 9.52. The fraction of sp³-hybridized carbons (Fsp3) is 0.318. The number of rotatable bonds is 9. The van der Waals surface area contributed by atoms with Crippen LogP contribution in [0.25, 0.3) is 11.5 Å². The molecule has 0 atom stereocenters. The maximum absolute atomic E-state index is 12.6. The van der Waals surface area contributed by atoms with Crippen molar-refractivity contribution < 1.29 is 13.9 Å². The van der Waals surface area contributed by atoms with Crippen molar-refractivity contribution in [3.05, 3.63) is 65.5 Å². The van der Waals surface area contributed by atoms with Gasteiger partial charge in [0.1, 0.15) is 0 Å². The number of amides is 1. The molecule has 0 aliphatic carbocycles. The Bertz CT molecular complexity index is 940. The molecule has 0 saturated carbocycles. The van der Waals surface area contributed by atoms with E-state index in [0.29, 0.717) is 31.5 Å². The van der Waals surface area contributed by atoms with Crippen LogP contribution in [0.15, 0.2) is 52.9 Å². The van der Waals surface area contributed by atoms with Gasteiger partial charge in [0.25, 0.3) is 0 Å². The zero-order valence-electron chi connectivity index (χ0n) is 17.0. The summed E-state index contributed by atoms with van der Waals surface area (Å²) in [6, 6.07) is 15.5. The lowest BCUT2D eigenvalue weighted by molar-refractivity contribution is -0.117. The van der Waals surface area contributed by atoms with E-state index in [9.17, 15) is 4.79 Å². The Labute approximate surface area is 170 Å². The molecule has 0 fully saturated rings. The Morgan fingerprint density at radius 2 is 1.90 bits per heavy atom. The van der Waals surface area contributed by atoms with E-state index in [2.05, 4.69) is 15.5 Å². The summed E-state index contributed by atoms with van der Waals surface area (Å²) in [5.41, 5.74) is 3.89. The minimum absolute atomic E-state index is 0.0994. The number of hydrogen-bond donors (Lipinski definition) is 1. The van der Waals surface area contributed by atoms with E-state index in [4.69, 9.17) is 9.15 Å². The van der Waals surface area contributed by atoms with Crippen molar-refractivity contribution in [2.75, 3.05) is 32.1 Å². The predicted octanol–water partition coefficient (Wildman–Crippen LogP) is 3.44. The Balaban J connectivity index is 1.65. The van der Waals surface area contributed by atoms with Crippen LogP contribution in [0, 0.1) is 13.8 Å². The van der Waals surface area contributed by atoms with Crippen LogP contribution in [0.4, 0.5) is 5.69 Å². The fourth-order valence-electron chi connectivity index (χ4n) is 2.92. The Morgan fingerprint density at radius 3 is 2.66 bits per heavy atom. The van der Waals surface area contributed by atoms with Gasteiger partial charge in [0.2, 0.25) is 17.7 Å². The highest BCUT2D eigenvalue weighted by Gasteiger charge is 2.16. The molecule has 3 aromatic rings. The molecule has 3 rings (SSSR count). The number of benzene rings is 2. The number of carbonyl (C=O) groups is 1. The average Bonchev–Trinajstić information content (AvgIpc) is 3.19. The van der Waals surface area contributed by atoms with Crippen LogP contribution in [0.2, 0.25) is 0 Å². The summed E-state index contributed by atoms with van der Waals surface area (Å²) in [5, 5.41) is 11.2. The molecule has 2 aromatic carbocycles. The maximum atomic E-state index is 12.6. The number of anilines is 1. The molecule has 0 spiro atoms. The van der Waals surface area contributed by atoms with E-state index in [-0.39, 0.29) is 12.5 Å². The molecule has 0 bridgehead atoms. The van der Waals surface area contributed by atoms with E-state index in [1.165, 1.54) is 0 Å². The molecule has 7 heteroatoms. The van der Waals surface area contributed by atoms with Gasteiger partial charge >= 0.3 is 0 Å². The second kappa shape index (κ2) is 9.95. The summed E-state index contributed by atoms with van der Waals surface area (Å²) < 4.78 is 11.0. The predicted molar refractivity (Wildman–Crippen MR) is 111 cm³/mol. The van der Waals surface area contributed by atoms with E-state index >= 15 is 0 Å². The molecule has 1 aromatic heterocycles. The molecule has 152 valence electrons. The van der Waals surface area contributed by atoms with Crippen molar-refractivity contribution in [1.82, 2.24) is 15.1 Å². The number of methoxy groups -OCH3 is 1. The molecule has 1 N–H and O–H groups in total. The van der Waals surface area contributed by atoms with Gasteiger partial charge in [-0.05, 0) is 43.2 Å². The second-order valence-electron chi connectivity index (χ2n) is 6.87. The highest BCUT2D eigenvalue weighted by Crippen LogP contribution is 2.19. The topological polar surface area (TPSA) is 80.5 Å². The molecule has 7 nitrogen and oxygen atoms in total. The highest BCUT2D eigenvalue weighted by molar-refractivity contribution is 5.93. The van der Waals surface area contributed by atoms with Gasteiger partial charge in [0, 0.05) is 24.9 Å². The molecular formula is C22H26N4O3. The van der Waals surface area contributed by atoms with E-state index in [1.54, 1.807) is 7.11 Å². The minimum atomic E-state index is -0.0994. The van der Waals surface area contributed by atoms with E-state index in [0.717, 1.165) is 22.4 Å². The molecule has 0 saturated heterocycles. The summed E-state index contributed by atoms with van der Waals surface area (Å²) in [6.07, 6.45) is 0. The molecule has 29 heavy (non-hydrogen) atoms. The van der Waals surface area contributed by atoms with Gasteiger partial charge in [-0.25, -0.2) is 0 Å². The summed E-state index contributed by atoms with van der Waals surface area (Å²) in [6.45, 7) is 5.65. The SMILES string of the molecule is COCCN(CC(=O)Nc1cccc(C)c1C)Cc1nnc(-c2ccccc2)o1. The number of ether oxygens (including phenoxy) is 1. The van der Waals surface area contributed by atoms with Crippen LogP contribution in [-0.2, 0) is 16.1 Å². The van der Waals surface area contributed by atoms with Crippen LogP contribution in [-0.4, -0.2) is 47.8 Å². The lowest BCUT2D eigenvalue weighted by atomic mass is 10.1. The number of hydrogen-bond acceptors (Lipinski definition) is 6. The van der Waals surface area contributed by atoms with Crippen molar-refractivity contribution in [3.8, 4) is 11.5 Å². The average molecular weight is 394 g/mol. The van der Waals surface area contributed by atoms with Crippen molar-refractivity contribution >= 4 is 11.6 Å². The van der Waals surface area contributed by atoms with Gasteiger partial charge in [0.05, 0.1) is 19.7 Å². The van der Waals surface area contributed by atoms with Gasteiger partial charge in [0.15, 0.2) is 0 Å². The fourth-order valence-corrected chi connectivity index (χ4v) is 2.92. The van der Waals surface area contributed by atoms with Crippen molar-refractivity contribution in [2.45, 2.75) is 20.4 Å². The van der Waals surface area contributed by atoms with Gasteiger partial charge < -0.3 is 14.5 Å². The molecule has 1 amide bonds. The van der Waals surface area contributed by atoms with Crippen LogP contribution >= 0.6 is 0 Å². The minimum Gasteiger partial charge on any atom is -0.419 e. The van der Waals surface area contributed by atoms with Gasteiger partial charge in [-0.15, -0.1) is 10.2 Å². The monoisotopic (exact) mass is 394 g/mol. The third-order valence-electron chi connectivity index (χ3n) is 4.70. The first-order valence-electron chi connectivity index (χ1n) is 9.52. The summed E-state index contributed by atoms with van der Waals surface area (Å²) in [4.78, 5) is 14.5. The van der Waals surface area contributed by atoms with Crippen LogP contribution < -0.4 is 5.32 Å². The van der Waals surface area contributed by atoms with Gasteiger partial charge in [-0.3, -0.25) is 9.69 Å². The van der Waals surface area contributed by atoms with E-state index < -0.39 is 0 Å². The van der Waals surface area contributed by atoms with Crippen molar-refractivity contribution in [3.63, 3.8) is 0 Å². The quantitative estimate of drug-likeness (QED) is 0.599. The number of nitrogens with one attached hydrogen (secondary N) is 1. The zero-order valence-corrected chi connectivity index (χ0v) is 17.0. The molecule has 0 aliphatic heterocycles. The molecule has 0 unspecified atom stereocenters. The Hall–Kier alpha value is -3.03. The first kappa shape index (κ1) is 20.7. The number of nitrogens with zero attached hydrogens (tertiary/aromatic N) is 3. The highest BCUT2D eigenvalue weighted by atomic mass is 16.5. The Morgan fingerprint density at radius 1 is 1.10 bits per heavy atom. The lowest BCUT2D eigenvalue weighted by Gasteiger charge is -2.20. The number of aromatic nitrogens is 2. The largest absolute Gasteiger partial charge is 0.419 e. The number of carbonyl (C=O) groups excluding carboxylic acids is 1. The lowest BCUT2D eigenvalue weighted by Crippen LogP contribution is -2.35. The Kier molecular flexibility index (Phi) is 7.10. The van der Waals surface area contributed by atoms with Crippen molar-refractivity contribution in [2.24, 2.45) is 0 Å². The molecular weight excluding hydrogens is 368 g/mol. The number of aryl methyl sites for hydroxylation is 1. The third-order valence-corrected chi connectivity index (χ3v) is 4.70. The molecule has 1 heterocycles. The van der Waals surface area contributed by atoms with E-state index in [1.807, 2.05) is 67.3 Å².